The Morgan fingerprint density at radius 2 is 2.05 bits per heavy atom. The number of carboxylic acid groups (broad SMARTS) is 1. The first-order valence-corrected chi connectivity index (χ1v) is 6.36. The summed E-state index contributed by atoms with van der Waals surface area (Å²) < 4.78 is 5.29. The van der Waals surface area contributed by atoms with E-state index >= 15 is 0 Å². The van der Waals surface area contributed by atoms with Crippen molar-refractivity contribution in [3.8, 4) is 11.8 Å². The normalized spacial score (nSPS) is 12.1. The number of aliphatic carboxylic acids is 1. The van der Waals surface area contributed by atoms with Gasteiger partial charge in [-0.05, 0) is 37.6 Å². The van der Waals surface area contributed by atoms with E-state index in [4.69, 9.17) is 15.1 Å². The Labute approximate surface area is 122 Å². The maximum atomic E-state index is 11.8. The summed E-state index contributed by atoms with van der Waals surface area (Å²) in [5.41, 5.74) is 0.486. The molecule has 0 saturated heterocycles. The van der Waals surface area contributed by atoms with Gasteiger partial charge in [0, 0.05) is 0 Å². The van der Waals surface area contributed by atoms with Crippen LogP contribution in [-0.2, 0) is 9.59 Å². The second kappa shape index (κ2) is 7.70. The number of carbonyl (C=O) groups excluding carboxylic acids is 1. The number of benzene rings is 1. The van der Waals surface area contributed by atoms with Gasteiger partial charge in [0.1, 0.15) is 23.4 Å². The molecule has 1 unspecified atom stereocenters. The molecule has 0 aliphatic heterocycles. The Bertz CT molecular complexity index is 585. The lowest BCUT2D eigenvalue weighted by Gasteiger charge is -2.08. The number of nitrogens with zero attached hydrogens (tertiary/aromatic N) is 1. The van der Waals surface area contributed by atoms with Gasteiger partial charge < -0.3 is 15.2 Å². The molecule has 0 bridgehead atoms. The summed E-state index contributed by atoms with van der Waals surface area (Å²) in [6.45, 7) is 3.75. The van der Waals surface area contributed by atoms with Gasteiger partial charge >= 0.3 is 5.97 Å². The number of carbonyl (C=O) groups is 2. The Kier molecular flexibility index (Phi) is 5.96. The molecular weight excluding hydrogens is 272 g/mol. The molecule has 1 amide bonds. The number of amides is 1. The first-order valence-electron chi connectivity index (χ1n) is 6.36. The van der Waals surface area contributed by atoms with Crippen LogP contribution in [0, 0.1) is 11.3 Å². The van der Waals surface area contributed by atoms with Gasteiger partial charge in [-0.1, -0.05) is 12.1 Å². The van der Waals surface area contributed by atoms with E-state index in [2.05, 4.69) is 5.32 Å². The van der Waals surface area contributed by atoms with Crippen LogP contribution < -0.4 is 10.1 Å². The van der Waals surface area contributed by atoms with Crippen molar-refractivity contribution in [2.24, 2.45) is 0 Å². The Morgan fingerprint density at radius 1 is 1.43 bits per heavy atom. The molecule has 6 nitrogen and oxygen atoms in total. The average Bonchev–Trinajstić information content (AvgIpc) is 2.46. The first kappa shape index (κ1) is 16.2. The number of hydrogen-bond donors (Lipinski definition) is 2. The summed E-state index contributed by atoms with van der Waals surface area (Å²) in [5.74, 6) is -1.19. The van der Waals surface area contributed by atoms with E-state index in [-0.39, 0.29) is 5.57 Å². The van der Waals surface area contributed by atoms with Gasteiger partial charge in [0.15, 0.2) is 0 Å². The number of rotatable bonds is 6. The molecule has 0 radical (unpaired) electrons. The average molecular weight is 288 g/mol. The van der Waals surface area contributed by atoms with Crippen LogP contribution in [0.1, 0.15) is 19.4 Å². The van der Waals surface area contributed by atoms with Gasteiger partial charge in [-0.15, -0.1) is 0 Å². The van der Waals surface area contributed by atoms with E-state index in [9.17, 15) is 9.59 Å². The minimum atomic E-state index is -1.17. The van der Waals surface area contributed by atoms with Gasteiger partial charge in [-0.25, -0.2) is 0 Å². The molecule has 0 heterocycles. The third kappa shape index (κ3) is 4.99. The zero-order chi connectivity index (χ0) is 15.8. The summed E-state index contributed by atoms with van der Waals surface area (Å²) in [5, 5.41) is 20.0. The van der Waals surface area contributed by atoms with Crippen LogP contribution in [0.15, 0.2) is 29.8 Å². The van der Waals surface area contributed by atoms with E-state index in [1.165, 1.54) is 13.0 Å². The Balaban J connectivity index is 2.86. The molecule has 21 heavy (non-hydrogen) atoms. The maximum Gasteiger partial charge on any atom is 0.325 e. The highest BCUT2D eigenvalue weighted by Crippen LogP contribution is 2.14. The van der Waals surface area contributed by atoms with Crippen molar-refractivity contribution in [1.29, 1.82) is 5.26 Å². The monoisotopic (exact) mass is 288 g/mol. The molecule has 0 aliphatic carbocycles. The van der Waals surface area contributed by atoms with Crippen LogP contribution in [0.5, 0.6) is 5.75 Å². The van der Waals surface area contributed by atoms with Crippen molar-refractivity contribution in [3.05, 3.63) is 35.4 Å². The van der Waals surface area contributed by atoms with Crippen LogP contribution in [0.25, 0.3) is 6.08 Å². The molecule has 0 fully saturated rings. The second-order valence-corrected chi connectivity index (χ2v) is 4.21. The van der Waals surface area contributed by atoms with E-state index in [1.807, 2.05) is 6.92 Å². The van der Waals surface area contributed by atoms with Gasteiger partial charge in [0.2, 0.25) is 0 Å². The summed E-state index contributed by atoms with van der Waals surface area (Å²) in [4.78, 5) is 22.4. The zero-order valence-corrected chi connectivity index (χ0v) is 11.8. The highest BCUT2D eigenvalue weighted by molar-refractivity contribution is 6.03. The maximum absolute atomic E-state index is 11.8. The molecule has 0 saturated carbocycles. The van der Waals surface area contributed by atoms with Crippen molar-refractivity contribution in [2.45, 2.75) is 19.9 Å². The SMILES string of the molecule is CCOc1ccc(/C=C(\C#N)C(=O)NC(C)C(=O)O)cc1. The van der Waals surface area contributed by atoms with Crippen LogP contribution >= 0.6 is 0 Å². The Hall–Kier alpha value is -2.81. The predicted octanol–water partition coefficient (Wildman–Crippen LogP) is 1.58. The van der Waals surface area contributed by atoms with Gasteiger partial charge in [0.25, 0.3) is 5.91 Å². The molecule has 2 N–H and O–H groups in total. The fourth-order valence-corrected chi connectivity index (χ4v) is 1.48. The molecule has 1 rings (SSSR count). The molecule has 1 atom stereocenters. The molecule has 0 spiro atoms. The number of hydrogen-bond acceptors (Lipinski definition) is 4. The van der Waals surface area contributed by atoms with Crippen molar-refractivity contribution in [2.75, 3.05) is 6.61 Å². The smallest absolute Gasteiger partial charge is 0.325 e. The molecule has 6 heteroatoms. The number of carboxylic acids is 1. The molecule has 0 aliphatic rings. The van der Waals surface area contributed by atoms with E-state index < -0.39 is 17.9 Å². The van der Waals surface area contributed by atoms with E-state index in [0.717, 1.165) is 0 Å². The molecule has 0 aromatic heterocycles. The Morgan fingerprint density at radius 3 is 2.52 bits per heavy atom. The lowest BCUT2D eigenvalue weighted by molar-refractivity contribution is -0.140. The molecule has 1 aromatic carbocycles. The van der Waals surface area contributed by atoms with Crippen molar-refractivity contribution >= 4 is 18.0 Å². The van der Waals surface area contributed by atoms with Crippen LogP contribution in [0.2, 0.25) is 0 Å². The molecule has 110 valence electrons. The predicted molar refractivity (Wildman–Crippen MR) is 76.4 cm³/mol. The lowest BCUT2D eigenvalue weighted by Crippen LogP contribution is -2.38. The number of nitriles is 1. The highest BCUT2D eigenvalue weighted by atomic mass is 16.5. The summed E-state index contributed by atoms with van der Waals surface area (Å²) in [6, 6.07) is 7.56. The van der Waals surface area contributed by atoms with Crippen LogP contribution in [0.3, 0.4) is 0 Å². The van der Waals surface area contributed by atoms with E-state index in [1.54, 1.807) is 30.3 Å². The minimum Gasteiger partial charge on any atom is -0.494 e. The minimum absolute atomic E-state index is 0.160. The number of ether oxygens (including phenoxy) is 1. The third-order valence-corrected chi connectivity index (χ3v) is 2.59. The van der Waals surface area contributed by atoms with Crippen molar-refractivity contribution in [3.63, 3.8) is 0 Å². The quantitative estimate of drug-likeness (QED) is 0.611. The second-order valence-electron chi connectivity index (χ2n) is 4.21. The van der Waals surface area contributed by atoms with Crippen LogP contribution in [-0.4, -0.2) is 29.6 Å². The fraction of sp³-hybridized carbons (Fsp3) is 0.267. The summed E-state index contributed by atoms with van der Waals surface area (Å²) in [7, 11) is 0. The zero-order valence-electron chi connectivity index (χ0n) is 11.8. The van der Waals surface area contributed by atoms with Gasteiger partial charge in [-0.3, -0.25) is 9.59 Å². The molecule has 1 aromatic rings. The first-order chi connectivity index (χ1) is 9.97. The third-order valence-electron chi connectivity index (χ3n) is 2.59. The highest BCUT2D eigenvalue weighted by Gasteiger charge is 2.16. The van der Waals surface area contributed by atoms with Crippen LogP contribution in [0.4, 0.5) is 0 Å². The molecular formula is C15H16N2O4. The summed E-state index contributed by atoms with van der Waals surface area (Å²) >= 11 is 0. The number of nitrogens with one attached hydrogen (secondary N) is 1. The lowest BCUT2D eigenvalue weighted by atomic mass is 10.1. The van der Waals surface area contributed by atoms with Crippen molar-refractivity contribution < 1.29 is 19.4 Å². The van der Waals surface area contributed by atoms with Gasteiger partial charge in [-0.2, -0.15) is 5.26 Å². The van der Waals surface area contributed by atoms with Gasteiger partial charge in [0.05, 0.1) is 6.61 Å². The fourth-order valence-electron chi connectivity index (χ4n) is 1.48. The summed E-state index contributed by atoms with van der Waals surface area (Å²) in [6.07, 6.45) is 1.39. The topological polar surface area (TPSA) is 99.4 Å². The standard InChI is InChI=1S/C15H16N2O4/c1-3-21-13-6-4-11(5-7-13)8-12(9-16)14(18)17-10(2)15(19)20/h4-8,10H,3H2,1-2H3,(H,17,18)(H,19,20)/b12-8+. The largest absolute Gasteiger partial charge is 0.494 e. The van der Waals surface area contributed by atoms with E-state index in [0.29, 0.717) is 17.9 Å². The van der Waals surface area contributed by atoms with Crippen molar-refractivity contribution in [1.82, 2.24) is 5.32 Å².